The van der Waals surface area contributed by atoms with E-state index in [1.807, 2.05) is 4.57 Å². The van der Waals surface area contributed by atoms with Crippen LogP contribution in [0.4, 0.5) is 10.2 Å². The number of nitrogens with one attached hydrogen (secondary N) is 1. The third-order valence-electron chi connectivity index (χ3n) is 5.83. The number of carbonyl (C=O) groups excluding carboxylic acids is 1. The number of anilines is 1. The van der Waals surface area contributed by atoms with E-state index >= 15 is 0 Å². The second-order valence-corrected chi connectivity index (χ2v) is 7.86. The molecule has 0 bridgehead atoms. The fourth-order valence-corrected chi connectivity index (χ4v) is 4.15. The van der Waals surface area contributed by atoms with Gasteiger partial charge in [-0.3, -0.25) is 13.9 Å². The van der Waals surface area contributed by atoms with Crippen molar-refractivity contribution in [3.8, 4) is 11.5 Å². The molecule has 3 aromatic heterocycles. The van der Waals surface area contributed by atoms with Gasteiger partial charge in [0.15, 0.2) is 5.82 Å². The van der Waals surface area contributed by atoms with Crippen LogP contribution in [0.1, 0.15) is 22.6 Å². The molecule has 0 spiro atoms. The first kappa shape index (κ1) is 21.0. The average molecular weight is 451 g/mol. The Kier molecular flexibility index (Phi) is 5.25. The van der Waals surface area contributed by atoms with Crippen molar-refractivity contribution in [2.75, 3.05) is 19.0 Å². The monoisotopic (exact) mass is 451 g/mol. The van der Waals surface area contributed by atoms with Crippen LogP contribution in [0.2, 0.25) is 0 Å². The van der Waals surface area contributed by atoms with Crippen molar-refractivity contribution in [1.82, 2.24) is 28.9 Å². The average Bonchev–Trinajstić information content (AvgIpc) is 3.48. The molecule has 0 unspecified atom stereocenters. The van der Waals surface area contributed by atoms with Gasteiger partial charge in [-0.25, -0.2) is 14.2 Å². The highest BCUT2D eigenvalue weighted by atomic mass is 19.1. The van der Waals surface area contributed by atoms with Gasteiger partial charge in [-0.1, -0.05) is 6.07 Å². The Labute approximate surface area is 187 Å². The first-order chi connectivity index (χ1) is 16.0. The van der Waals surface area contributed by atoms with Crippen LogP contribution in [0, 0.1) is 5.82 Å². The molecular formula is C22H22FN7O3. The number of methoxy groups -OCH3 is 1. The standard InChI is InChI=1S/C22H22FN7O3/c1-28-16-12-14(23)13(11-17(16)29(22(28)32)9-10-33-2)21(31)25-18-6-3-5-15(24-18)20-27-26-19-7-4-8-30(19)20/h3,5-6,11-12H,4,7-10H2,1-2H3,(H,24,25,31). The molecule has 1 aliphatic rings. The number of aryl methyl sites for hydroxylation is 2. The number of amides is 1. The van der Waals surface area contributed by atoms with Crippen LogP contribution in [0.15, 0.2) is 35.1 Å². The van der Waals surface area contributed by atoms with Crippen molar-refractivity contribution in [3.63, 3.8) is 0 Å². The highest BCUT2D eigenvalue weighted by Gasteiger charge is 2.21. The van der Waals surface area contributed by atoms with Crippen LogP contribution in [0.25, 0.3) is 22.6 Å². The lowest BCUT2D eigenvalue weighted by Gasteiger charge is -2.09. The lowest BCUT2D eigenvalue weighted by atomic mass is 10.1. The van der Waals surface area contributed by atoms with Gasteiger partial charge >= 0.3 is 5.69 Å². The minimum absolute atomic E-state index is 0.185. The van der Waals surface area contributed by atoms with Crippen LogP contribution in [-0.4, -0.2) is 48.5 Å². The number of hydrogen-bond acceptors (Lipinski definition) is 6. The van der Waals surface area contributed by atoms with Gasteiger partial charge < -0.3 is 14.6 Å². The van der Waals surface area contributed by atoms with Crippen molar-refractivity contribution in [2.24, 2.45) is 7.05 Å². The number of imidazole rings is 1. The number of benzene rings is 1. The minimum Gasteiger partial charge on any atom is -0.383 e. The molecule has 0 saturated heterocycles. The predicted molar refractivity (Wildman–Crippen MR) is 119 cm³/mol. The predicted octanol–water partition coefficient (Wildman–Crippen LogP) is 1.98. The van der Waals surface area contributed by atoms with E-state index in [4.69, 9.17) is 4.74 Å². The number of fused-ring (bicyclic) bond motifs is 2. The van der Waals surface area contributed by atoms with E-state index in [0.29, 0.717) is 29.2 Å². The number of halogens is 1. The summed E-state index contributed by atoms with van der Waals surface area (Å²) in [4.78, 5) is 29.9. The molecule has 4 aromatic rings. The molecule has 33 heavy (non-hydrogen) atoms. The van der Waals surface area contributed by atoms with Gasteiger partial charge in [-0.15, -0.1) is 10.2 Å². The lowest BCUT2D eigenvalue weighted by Crippen LogP contribution is -2.23. The Bertz CT molecular complexity index is 1440. The Hall–Kier alpha value is -3.86. The van der Waals surface area contributed by atoms with Crippen molar-refractivity contribution in [1.29, 1.82) is 0 Å². The SMILES string of the molecule is COCCn1c(=O)n(C)c2cc(F)c(C(=O)Nc3cccc(-c4nnc5n4CCC5)n3)cc21. The van der Waals surface area contributed by atoms with E-state index in [9.17, 15) is 14.0 Å². The van der Waals surface area contributed by atoms with Gasteiger partial charge in [0.05, 0.1) is 29.7 Å². The third kappa shape index (κ3) is 3.59. The molecule has 0 atom stereocenters. The van der Waals surface area contributed by atoms with Crippen molar-refractivity contribution in [2.45, 2.75) is 25.9 Å². The molecule has 1 N–H and O–H groups in total. The zero-order chi connectivity index (χ0) is 23.1. The number of aromatic nitrogens is 6. The summed E-state index contributed by atoms with van der Waals surface area (Å²) in [5.74, 6) is 0.417. The molecule has 1 aromatic carbocycles. The Morgan fingerprint density at radius 3 is 2.91 bits per heavy atom. The van der Waals surface area contributed by atoms with Crippen molar-refractivity contribution < 1.29 is 13.9 Å². The molecule has 4 heterocycles. The summed E-state index contributed by atoms with van der Waals surface area (Å²) in [5.41, 5.74) is 0.919. The van der Waals surface area contributed by atoms with E-state index in [0.717, 1.165) is 25.2 Å². The topological polar surface area (TPSA) is 109 Å². The molecule has 10 nitrogen and oxygen atoms in total. The number of nitrogens with zero attached hydrogens (tertiary/aromatic N) is 6. The van der Waals surface area contributed by atoms with Crippen molar-refractivity contribution >= 4 is 22.8 Å². The normalized spacial score (nSPS) is 12.9. The quantitative estimate of drug-likeness (QED) is 0.480. The van der Waals surface area contributed by atoms with E-state index < -0.39 is 11.7 Å². The fraction of sp³-hybridized carbons (Fsp3) is 0.318. The second-order valence-electron chi connectivity index (χ2n) is 7.86. The Morgan fingerprint density at radius 1 is 1.24 bits per heavy atom. The number of rotatable bonds is 6. The largest absolute Gasteiger partial charge is 0.383 e. The Morgan fingerprint density at radius 2 is 2.09 bits per heavy atom. The summed E-state index contributed by atoms with van der Waals surface area (Å²) in [6, 6.07) is 7.73. The first-order valence-corrected chi connectivity index (χ1v) is 10.6. The molecule has 5 rings (SSSR count). The number of pyridine rings is 1. The lowest BCUT2D eigenvalue weighted by molar-refractivity contribution is 0.102. The fourth-order valence-electron chi connectivity index (χ4n) is 4.15. The summed E-state index contributed by atoms with van der Waals surface area (Å²) in [5, 5.41) is 11.1. The molecule has 0 radical (unpaired) electrons. The van der Waals surface area contributed by atoms with Crippen LogP contribution in [-0.2, 0) is 31.3 Å². The van der Waals surface area contributed by atoms with Gasteiger partial charge in [0.25, 0.3) is 5.91 Å². The molecule has 0 aliphatic carbocycles. The minimum atomic E-state index is -0.731. The second kappa shape index (κ2) is 8.24. The highest BCUT2D eigenvalue weighted by molar-refractivity contribution is 6.05. The van der Waals surface area contributed by atoms with E-state index in [-0.39, 0.29) is 23.6 Å². The summed E-state index contributed by atoms with van der Waals surface area (Å²) in [7, 11) is 3.09. The summed E-state index contributed by atoms with van der Waals surface area (Å²) >= 11 is 0. The van der Waals surface area contributed by atoms with Gasteiger partial charge in [0.1, 0.15) is 23.2 Å². The zero-order valence-electron chi connectivity index (χ0n) is 18.2. The zero-order valence-corrected chi connectivity index (χ0v) is 18.2. The van der Waals surface area contributed by atoms with Gasteiger partial charge in [-0.05, 0) is 24.6 Å². The molecule has 11 heteroatoms. The maximum absolute atomic E-state index is 14.8. The summed E-state index contributed by atoms with van der Waals surface area (Å²) < 4.78 is 24.7. The van der Waals surface area contributed by atoms with Gasteiger partial charge in [0, 0.05) is 33.2 Å². The van der Waals surface area contributed by atoms with Crippen LogP contribution < -0.4 is 11.0 Å². The van der Waals surface area contributed by atoms with Crippen LogP contribution >= 0.6 is 0 Å². The molecule has 0 saturated carbocycles. The maximum Gasteiger partial charge on any atom is 0.328 e. The molecule has 170 valence electrons. The molecule has 1 amide bonds. The first-order valence-electron chi connectivity index (χ1n) is 10.6. The number of ether oxygens (including phenoxy) is 1. The van der Waals surface area contributed by atoms with Crippen LogP contribution in [0.5, 0.6) is 0 Å². The van der Waals surface area contributed by atoms with Gasteiger partial charge in [-0.2, -0.15) is 0 Å². The molecule has 0 fully saturated rings. The van der Waals surface area contributed by atoms with E-state index in [1.165, 1.54) is 28.4 Å². The molecular weight excluding hydrogens is 429 g/mol. The van der Waals surface area contributed by atoms with Crippen LogP contribution in [0.3, 0.4) is 0 Å². The highest BCUT2D eigenvalue weighted by Crippen LogP contribution is 2.24. The Balaban J connectivity index is 1.47. The van der Waals surface area contributed by atoms with E-state index in [1.54, 1.807) is 25.2 Å². The van der Waals surface area contributed by atoms with E-state index in [2.05, 4.69) is 20.5 Å². The molecule has 1 aliphatic heterocycles. The maximum atomic E-state index is 14.8. The summed E-state index contributed by atoms with van der Waals surface area (Å²) in [6.45, 7) is 1.41. The smallest absolute Gasteiger partial charge is 0.328 e. The van der Waals surface area contributed by atoms with Crippen molar-refractivity contribution in [3.05, 3.63) is 58.0 Å². The third-order valence-corrected chi connectivity index (χ3v) is 5.83. The number of hydrogen-bond donors (Lipinski definition) is 1. The van der Waals surface area contributed by atoms with Gasteiger partial charge in [0.2, 0.25) is 0 Å². The number of carbonyl (C=O) groups is 1. The summed E-state index contributed by atoms with van der Waals surface area (Å²) in [6.07, 6.45) is 1.88.